The molecule has 2 amide bonds. The topological polar surface area (TPSA) is 184 Å². The maximum absolute atomic E-state index is 12.4. The SMILES string of the molecule is NC(N)=N[C@@H]1C[C@@H](CNC(=O)c2cc(Br)c[nH]2)N(CCS(=O)(=O)O)C1=O. The number of likely N-dealkylation sites (tertiary alicyclic amines) is 1. The molecule has 7 N–H and O–H groups in total. The van der Waals surface area contributed by atoms with E-state index >= 15 is 0 Å². The zero-order valence-electron chi connectivity index (χ0n) is 13.6. The summed E-state index contributed by atoms with van der Waals surface area (Å²) in [7, 11) is -4.25. The van der Waals surface area contributed by atoms with Gasteiger partial charge >= 0.3 is 0 Å². The van der Waals surface area contributed by atoms with Crippen LogP contribution >= 0.6 is 15.9 Å². The summed E-state index contributed by atoms with van der Waals surface area (Å²) >= 11 is 3.22. The van der Waals surface area contributed by atoms with Crippen molar-refractivity contribution in [2.45, 2.75) is 18.5 Å². The van der Waals surface area contributed by atoms with Crippen molar-refractivity contribution >= 4 is 43.8 Å². The first-order valence-corrected chi connectivity index (χ1v) is 9.93. The standard InChI is InChI=1S/C13H19BrN6O5S/c14-7-3-9(17-5-7)11(21)18-6-8-4-10(19-13(15)16)12(22)20(8)1-2-26(23,24)25/h3,5,8,10,17H,1-2,4,6H2,(H,18,21)(H4,15,16,19)(H,23,24,25)/t8-,10+/m0/s1. The Labute approximate surface area is 158 Å². The van der Waals surface area contributed by atoms with Crippen LogP contribution in [0.25, 0.3) is 0 Å². The van der Waals surface area contributed by atoms with Crippen LogP contribution in [0.4, 0.5) is 0 Å². The van der Waals surface area contributed by atoms with E-state index in [0.29, 0.717) is 10.2 Å². The van der Waals surface area contributed by atoms with Gasteiger partial charge in [-0.15, -0.1) is 0 Å². The number of amides is 2. The summed E-state index contributed by atoms with van der Waals surface area (Å²) in [5.41, 5.74) is 10.9. The Balaban J connectivity index is 2.07. The smallest absolute Gasteiger partial charge is 0.267 e. The van der Waals surface area contributed by atoms with Crippen LogP contribution in [0, 0.1) is 0 Å². The predicted molar refractivity (Wildman–Crippen MR) is 97.0 cm³/mol. The van der Waals surface area contributed by atoms with Gasteiger partial charge in [-0.1, -0.05) is 0 Å². The van der Waals surface area contributed by atoms with Gasteiger partial charge in [0.2, 0.25) is 5.91 Å². The fourth-order valence-corrected chi connectivity index (χ4v) is 3.42. The van der Waals surface area contributed by atoms with E-state index < -0.39 is 33.9 Å². The zero-order chi connectivity index (χ0) is 19.5. The van der Waals surface area contributed by atoms with Gasteiger partial charge in [-0.05, 0) is 22.0 Å². The van der Waals surface area contributed by atoms with Crippen LogP contribution in [0.5, 0.6) is 0 Å². The molecule has 1 saturated heterocycles. The third kappa shape index (κ3) is 5.44. The molecule has 13 heteroatoms. The zero-order valence-corrected chi connectivity index (χ0v) is 16.0. The summed E-state index contributed by atoms with van der Waals surface area (Å²) < 4.78 is 31.6. The Morgan fingerprint density at radius 1 is 1.50 bits per heavy atom. The molecule has 2 atom stereocenters. The summed E-state index contributed by atoms with van der Waals surface area (Å²) in [5, 5.41) is 2.67. The first kappa shape index (κ1) is 20.2. The highest BCUT2D eigenvalue weighted by Crippen LogP contribution is 2.22. The van der Waals surface area contributed by atoms with Gasteiger partial charge in [0.15, 0.2) is 5.96 Å². The molecular formula is C13H19BrN6O5S. The lowest BCUT2D eigenvalue weighted by molar-refractivity contribution is -0.129. The molecule has 1 fully saturated rings. The van der Waals surface area contributed by atoms with Crippen molar-refractivity contribution in [3.63, 3.8) is 0 Å². The van der Waals surface area contributed by atoms with E-state index in [9.17, 15) is 18.0 Å². The first-order valence-electron chi connectivity index (χ1n) is 7.53. The van der Waals surface area contributed by atoms with E-state index in [1.165, 1.54) is 4.90 Å². The quantitative estimate of drug-likeness (QED) is 0.192. The molecule has 2 rings (SSSR count). The molecule has 0 aliphatic carbocycles. The van der Waals surface area contributed by atoms with Crippen molar-refractivity contribution < 1.29 is 22.6 Å². The highest BCUT2D eigenvalue weighted by Gasteiger charge is 2.39. The largest absolute Gasteiger partial charge is 0.370 e. The Bertz CT molecular complexity index is 819. The number of aromatic nitrogens is 1. The van der Waals surface area contributed by atoms with Crippen molar-refractivity contribution in [3.05, 3.63) is 22.4 Å². The summed E-state index contributed by atoms with van der Waals surface area (Å²) in [4.78, 5) is 32.4. The highest BCUT2D eigenvalue weighted by atomic mass is 79.9. The molecule has 2 heterocycles. The molecule has 1 aromatic heterocycles. The van der Waals surface area contributed by atoms with Gasteiger partial charge in [0.1, 0.15) is 11.7 Å². The predicted octanol–water partition coefficient (Wildman–Crippen LogP) is -1.36. The number of guanidine groups is 1. The van der Waals surface area contributed by atoms with Crippen molar-refractivity contribution in [3.8, 4) is 0 Å². The molecular weight excluding hydrogens is 432 g/mol. The van der Waals surface area contributed by atoms with E-state index in [-0.39, 0.29) is 31.4 Å². The van der Waals surface area contributed by atoms with Gasteiger partial charge in [0.05, 0.1) is 11.8 Å². The van der Waals surface area contributed by atoms with E-state index in [1.807, 2.05) is 0 Å². The molecule has 0 spiro atoms. The molecule has 0 saturated carbocycles. The molecule has 11 nitrogen and oxygen atoms in total. The van der Waals surface area contributed by atoms with Gasteiger partial charge < -0.3 is 26.7 Å². The van der Waals surface area contributed by atoms with Crippen LogP contribution in [0.3, 0.4) is 0 Å². The van der Waals surface area contributed by atoms with Crippen LogP contribution in [0.1, 0.15) is 16.9 Å². The maximum atomic E-state index is 12.4. The molecule has 1 aliphatic heterocycles. The van der Waals surface area contributed by atoms with E-state index in [1.54, 1.807) is 12.3 Å². The number of carbonyl (C=O) groups excluding carboxylic acids is 2. The Kier molecular flexibility index (Phi) is 6.26. The third-order valence-electron chi connectivity index (χ3n) is 3.79. The fourth-order valence-electron chi connectivity index (χ4n) is 2.65. The number of hydrogen-bond acceptors (Lipinski definition) is 5. The summed E-state index contributed by atoms with van der Waals surface area (Å²) in [6.07, 6.45) is 1.80. The second kappa shape index (κ2) is 8.05. The van der Waals surface area contributed by atoms with Gasteiger partial charge in [0.25, 0.3) is 16.0 Å². The Morgan fingerprint density at radius 3 is 2.73 bits per heavy atom. The number of hydrogen-bond donors (Lipinski definition) is 5. The van der Waals surface area contributed by atoms with Gasteiger partial charge in [0, 0.05) is 30.2 Å². The second-order valence-electron chi connectivity index (χ2n) is 5.72. The summed E-state index contributed by atoms with van der Waals surface area (Å²) in [6.45, 7) is -0.161. The molecule has 1 aromatic rings. The number of aliphatic imine (C=N–C) groups is 1. The van der Waals surface area contributed by atoms with Crippen LogP contribution in [-0.2, 0) is 14.9 Å². The number of nitrogens with two attached hydrogens (primary N) is 2. The number of nitrogens with one attached hydrogen (secondary N) is 2. The molecule has 144 valence electrons. The van der Waals surface area contributed by atoms with E-state index in [0.717, 1.165) is 0 Å². The number of carbonyl (C=O) groups is 2. The summed E-state index contributed by atoms with van der Waals surface area (Å²) in [6, 6.07) is 0.218. The van der Waals surface area contributed by atoms with Crippen molar-refractivity contribution in [2.24, 2.45) is 16.5 Å². The number of nitrogens with zero attached hydrogens (tertiary/aromatic N) is 2. The lowest BCUT2D eigenvalue weighted by atomic mass is 10.1. The first-order chi connectivity index (χ1) is 12.1. The number of H-pyrrole nitrogens is 1. The molecule has 26 heavy (non-hydrogen) atoms. The summed E-state index contributed by atoms with van der Waals surface area (Å²) in [5.74, 6) is -1.74. The maximum Gasteiger partial charge on any atom is 0.267 e. The molecule has 0 aromatic carbocycles. The normalized spacial score (nSPS) is 20.2. The van der Waals surface area contributed by atoms with Gasteiger partial charge in [-0.2, -0.15) is 8.42 Å². The van der Waals surface area contributed by atoms with Crippen molar-refractivity contribution in [1.29, 1.82) is 0 Å². The molecule has 0 radical (unpaired) electrons. The fraction of sp³-hybridized carbons (Fsp3) is 0.462. The average Bonchev–Trinajstić information content (AvgIpc) is 3.07. The average molecular weight is 451 g/mol. The molecule has 0 unspecified atom stereocenters. The number of rotatable bonds is 7. The minimum Gasteiger partial charge on any atom is -0.370 e. The van der Waals surface area contributed by atoms with E-state index in [4.69, 9.17) is 16.0 Å². The van der Waals surface area contributed by atoms with Crippen LogP contribution in [0.15, 0.2) is 21.7 Å². The van der Waals surface area contributed by atoms with Crippen LogP contribution in [0.2, 0.25) is 0 Å². The van der Waals surface area contributed by atoms with Crippen molar-refractivity contribution in [2.75, 3.05) is 18.8 Å². The molecule has 1 aliphatic rings. The second-order valence-corrected chi connectivity index (χ2v) is 8.21. The minimum absolute atomic E-state index is 0.0726. The van der Waals surface area contributed by atoms with Crippen LogP contribution in [-0.4, -0.2) is 71.6 Å². The monoisotopic (exact) mass is 450 g/mol. The van der Waals surface area contributed by atoms with Gasteiger partial charge in [-0.3, -0.25) is 14.1 Å². The third-order valence-corrected chi connectivity index (χ3v) is 4.95. The number of halogens is 1. The lowest BCUT2D eigenvalue weighted by Crippen LogP contribution is -2.44. The highest BCUT2D eigenvalue weighted by molar-refractivity contribution is 9.10. The van der Waals surface area contributed by atoms with E-state index in [2.05, 4.69) is 31.2 Å². The number of aromatic amines is 1. The lowest BCUT2D eigenvalue weighted by Gasteiger charge is -2.24. The van der Waals surface area contributed by atoms with Crippen LogP contribution < -0.4 is 16.8 Å². The van der Waals surface area contributed by atoms with Gasteiger partial charge in [-0.25, -0.2) is 4.99 Å². The Hall–Kier alpha value is -2.12. The molecule has 0 bridgehead atoms. The van der Waals surface area contributed by atoms with Crippen molar-refractivity contribution in [1.82, 2.24) is 15.2 Å². The minimum atomic E-state index is -4.25. The Morgan fingerprint density at radius 2 is 2.19 bits per heavy atom.